The predicted molar refractivity (Wildman–Crippen MR) is 71.2 cm³/mol. The highest BCUT2D eigenvalue weighted by molar-refractivity contribution is 9.10. The molecule has 0 bridgehead atoms. The number of benzene rings is 1. The molecular weight excluding hydrogens is 283 g/mol. The first kappa shape index (κ1) is 13.0. The molecule has 1 fully saturated rings. The smallest absolute Gasteiger partial charge is 0.128 e. The monoisotopic (exact) mass is 300 g/mol. The Morgan fingerprint density at radius 3 is 2.94 bits per heavy atom. The molecule has 0 amide bonds. The first-order valence-corrected chi connectivity index (χ1v) is 6.80. The third-order valence-electron chi connectivity index (χ3n) is 3.44. The van der Waals surface area contributed by atoms with Gasteiger partial charge in [-0.3, -0.25) is 4.90 Å². The number of rotatable bonds is 3. The largest absolute Gasteiger partial charge is 0.329 e. The number of nitrogens with zero attached hydrogens (tertiary/aromatic N) is 1. The van der Waals surface area contributed by atoms with Crippen molar-refractivity contribution < 1.29 is 4.39 Å². The van der Waals surface area contributed by atoms with Crippen LogP contribution < -0.4 is 5.73 Å². The van der Waals surface area contributed by atoms with Gasteiger partial charge in [0.25, 0.3) is 0 Å². The minimum absolute atomic E-state index is 0.00236. The molecule has 0 aromatic heterocycles. The fourth-order valence-corrected chi connectivity index (χ4v) is 2.87. The summed E-state index contributed by atoms with van der Waals surface area (Å²) in [5, 5.41) is 0. The summed E-state index contributed by atoms with van der Waals surface area (Å²) in [5.74, 6) is 0.516. The molecule has 2 N–H and O–H groups in total. The zero-order chi connectivity index (χ0) is 12.4. The van der Waals surface area contributed by atoms with Crippen LogP contribution in [-0.4, -0.2) is 24.5 Å². The van der Waals surface area contributed by atoms with Gasteiger partial charge in [0, 0.05) is 29.2 Å². The third-order valence-corrected chi connectivity index (χ3v) is 3.93. The van der Waals surface area contributed by atoms with Crippen LogP contribution in [0.25, 0.3) is 0 Å². The maximum Gasteiger partial charge on any atom is 0.128 e. The molecular formula is C13H18BrFN2. The fourth-order valence-electron chi connectivity index (χ4n) is 2.49. The van der Waals surface area contributed by atoms with Gasteiger partial charge in [-0.1, -0.05) is 22.9 Å². The van der Waals surface area contributed by atoms with Crippen LogP contribution in [-0.2, 0) is 0 Å². The SMILES string of the molecule is CC1CCN(C(CN)c2cc(Br)ccc2F)C1. The number of halogens is 2. The Hall–Kier alpha value is -0.450. The highest BCUT2D eigenvalue weighted by Gasteiger charge is 2.27. The van der Waals surface area contributed by atoms with E-state index in [0.717, 1.165) is 17.6 Å². The van der Waals surface area contributed by atoms with Crippen molar-refractivity contribution in [3.8, 4) is 0 Å². The van der Waals surface area contributed by atoms with Gasteiger partial charge in [0.05, 0.1) is 0 Å². The summed E-state index contributed by atoms with van der Waals surface area (Å²) in [6, 6.07) is 5.06. The van der Waals surface area contributed by atoms with E-state index < -0.39 is 0 Å². The quantitative estimate of drug-likeness (QED) is 0.930. The molecule has 17 heavy (non-hydrogen) atoms. The minimum atomic E-state index is -0.164. The fraction of sp³-hybridized carbons (Fsp3) is 0.538. The summed E-state index contributed by atoms with van der Waals surface area (Å²) in [6.45, 7) is 4.70. The summed E-state index contributed by atoms with van der Waals surface area (Å²) in [7, 11) is 0. The lowest BCUT2D eigenvalue weighted by molar-refractivity contribution is 0.238. The lowest BCUT2D eigenvalue weighted by Gasteiger charge is -2.27. The van der Waals surface area contributed by atoms with Crippen LogP contribution in [0.4, 0.5) is 4.39 Å². The van der Waals surface area contributed by atoms with Crippen molar-refractivity contribution in [2.75, 3.05) is 19.6 Å². The lowest BCUT2D eigenvalue weighted by atomic mass is 10.0. The van der Waals surface area contributed by atoms with Crippen molar-refractivity contribution >= 4 is 15.9 Å². The molecule has 1 aliphatic rings. The molecule has 2 unspecified atom stereocenters. The van der Waals surface area contributed by atoms with Crippen LogP contribution in [0.2, 0.25) is 0 Å². The molecule has 1 aromatic carbocycles. The second kappa shape index (κ2) is 5.46. The van der Waals surface area contributed by atoms with Crippen LogP contribution in [0.5, 0.6) is 0 Å². The van der Waals surface area contributed by atoms with Gasteiger partial charge < -0.3 is 5.73 Å². The van der Waals surface area contributed by atoms with Crippen LogP contribution >= 0.6 is 15.9 Å². The Morgan fingerprint density at radius 1 is 1.59 bits per heavy atom. The van der Waals surface area contributed by atoms with E-state index in [-0.39, 0.29) is 11.9 Å². The first-order chi connectivity index (χ1) is 8.11. The van der Waals surface area contributed by atoms with Gasteiger partial charge in [-0.05, 0) is 37.1 Å². The lowest BCUT2D eigenvalue weighted by Crippen LogP contribution is -2.32. The van der Waals surface area contributed by atoms with Gasteiger partial charge in [-0.15, -0.1) is 0 Å². The van der Waals surface area contributed by atoms with Crippen molar-refractivity contribution in [3.63, 3.8) is 0 Å². The van der Waals surface area contributed by atoms with Crippen LogP contribution in [0.1, 0.15) is 24.9 Å². The molecule has 94 valence electrons. The molecule has 4 heteroatoms. The Bertz CT molecular complexity index is 397. The maximum absolute atomic E-state index is 13.9. The predicted octanol–water partition coefficient (Wildman–Crippen LogP) is 2.93. The zero-order valence-corrected chi connectivity index (χ0v) is 11.6. The van der Waals surface area contributed by atoms with Crippen molar-refractivity contribution in [1.29, 1.82) is 0 Å². The van der Waals surface area contributed by atoms with Gasteiger partial charge in [0.2, 0.25) is 0 Å². The van der Waals surface area contributed by atoms with Crippen molar-refractivity contribution in [1.82, 2.24) is 4.90 Å². The number of hydrogen-bond acceptors (Lipinski definition) is 2. The molecule has 1 heterocycles. The highest BCUT2D eigenvalue weighted by atomic mass is 79.9. The number of nitrogens with two attached hydrogens (primary N) is 1. The van der Waals surface area contributed by atoms with E-state index in [1.54, 1.807) is 6.07 Å². The Kier molecular flexibility index (Phi) is 4.17. The van der Waals surface area contributed by atoms with E-state index in [1.165, 1.54) is 12.5 Å². The molecule has 0 saturated carbocycles. The Morgan fingerprint density at radius 2 is 2.35 bits per heavy atom. The molecule has 2 nitrogen and oxygen atoms in total. The average Bonchev–Trinajstić information content (AvgIpc) is 2.71. The van der Waals surface area contributed by atoms with Crippen molar-refractivity contribution in [3.05, 3.63) is 34.1 Å². The van der Waals surface area contributed by atoms with Crippen LogP contribution in [0.15, 0.2) is 22.7 Å². The Labute approximate surface area is 110 Å². The molecule has 0 spiro atoms. The van der Waals surface area contributed by atoms with Gasteiger partial charge in [-0.2, -0.15) is 0 Å². The second-order valence-corrected chi connectivity index (χ2v) is 5.72. The molecule has 1 aliphatic heterocycles. The van der Waals surface area contributed by atoms with Crippen molar-refractivity contribution in [2.45, 2.75) is 19.4 Å². The van der Waals surface area contributed by atoms with E-state index in [9.17, 15) is 4.39 Å². The van der Waals surface area contributed by atoms with E-state index in [2.05, 4.69) is 27.8 Å². The summed E-state index contributed by atoms with van der Waals surface area (Å²) >= 11 is 3.39. The van der Waals surface area contributed by atoms with E-state index in [4.69, 9.17) is 5.73 Å². The summed E-state index contributed by atoms with van der Waals surface area (Å²) in [4.78, 5) is 2.29. The van der Waals surface area contributed by atoms with E-state index in [0.29, 0.717) is 18.0 Å². The molecule has 0 radical (unpaired) electrons. The van der Waals surface area contributed by atoms with Crippen LogP contribution in [0.3, 0.4) is 0 Å². The molecule has 1 saturated heterocycles. The third kappa shape index (κ3) is 2.87. The van der Waals surface area contributed by atoms with E-state index >= 15 is 0 Å². The van der Waals surface area contributed by atoms with E-state index in [1.807, 2.05) is 6.07 Å². The summed E-state index contributed by atoms with van der Waals surface area (Å²) in [6.07, 6.45) is 1.17. The standard InChI is InChI=1S/C13H18BrFN2/c1-9-4-5-17(8-9)13(7-16)11-6-10(14)2-3-12(11)15/h2-3,6,9,13H,4-5,7-8,16H2,1H3. The molecule has 1 aromatic rings. The van der Waals surface area contributed by atoms with Crippen LogP contribution in [0, 0.1) is 11.7 Å². The second-order valence-electron chi connectivity index (χ2n) is 4.81. The van der Waals surface area contributed by atoms with Gasteiger partial charge in [0.15, 0.2) is 0 Å². The van der Waals surface area contributed by atoms with Gasteiger partial charge in [0.1, 0.15) is 5.82 Å². The summed E-state index contributed by atoms with van der Waals surface area (Å²) in [5.41, 5.74) is 6.53. The normalized spacial score (nSPS) is 22.9. The zero-order valence-electron chi connectivity index (χ0n) is 10.00. The topological polar surface area (TPSA) is 29.3 Å². The average molecular weight is 301 g/mol. The minimum Gasteiger partial charge on any atom is -0.329 e. The molecule has 2 rings (SSSR count). The maximum atomic E-state index is 13.9. The molecule has 0 aliphatic carbocycles. The summed E-state index contributed by atoms with van der Waals surface area (Å²) < 4.78 is 14.8. The highest BCUT2D eigenvalue weighted by Crippen LogP contribution is 2.29. The molecule has 2 atom stereocenters. The number of hydrogen-bond donors (Lipinski definition) is 1. The number of likely N-dealkylation sites (tertiary alicyclic amines) is 1. The van der Waals surface area contributed by atoms with Gasteiger partial charge in [-0.25, -0.2) is 4.39 Å². The Balaban J connectivity index is 2.25. The van der Waals surface area contributed by atoms with Crippen molar-refractivity contribution in [2.24, 2.45) is 11.7 Å². The first-order valence-electron chi connectivity index (χ1n) is 6.01. The van der Waals surface area contributed by atoms with Gasteiger partial charge >= 0.3 is 0 Å².